The van der Waals surface area contributed by atoms with Gasteiger partial charge in [-0.25, -0.2) is 4.99 Å². The van der Waals surface area contributed by atoms with Gasteiger partial charge in [-0.15, -0.1) is 0 Å². The summed E-state index contributed by atoms with van der Waals surface area (Å²) in [6.07, 6.45) is 1.77. The summed E-state index contributed by atoms with van der Waals surface area (Å²) in [5, 5.41) is 2.02. The molecule has 8 heteroatoms. The van der Waals surface area contributed by atoms with E-state index in [0.717, 1.165) is 20.6 Å². The van der Waals surface area contributed by atoms with Crippen LogP contribution in [0.3, 0.4) is 0 Å². The molecular weight excluding hydrogens is 564 g/mol. The first-order valence-electron chi connectivity index (χ1n) is 10.7. The van der Waals surface area contributed by atoms with Crippen molar-refractivity contribution in [1.82, 2.24) is 4.90 Å². The fraction of sp³-hybridized carbons (Fsp3) is 0.0370. The Labute approximate surface area is 225 Å². The lowest BCUT2D eigenvalue weighted by molar-refractivity contribution is -0.122. The maximum atomic E-state index is 13.4. The van der Waals surface area contributed by atoms with E-state index in [2.05, 4.69) is 15.9 Å². The van der Waals surface area contributed by atoms with Crippen molar-refractivity contribution in [3.8, 4) is 0 Å². The Morgan fingerprint density at radius 1 is 1.00 bits per heavy atom. The molecule has 0 N–H and O–H groups in total. The molecule has 1 aromatic heterocycles. The molecule has 0 saturated carbocycles. The minimum Gasteiger partial charge on any atom is -0.449 e. The van der Waals surface area contributed by atoms with Gasteiger partial charge in [0, 0.05) is 16.0 Å². The smallest absolute Gasteiger partial charge is 0.267 e. The number of hydrogen-bond donors (Lipinski definition) is 0. The first-order valence-corrected chi connectivity index (χ1v) is 13.5. The third kappa shape index (κ3) is 5.93. The fourth-order valence-corrected chi connectivity index (χ4v) is 5.79. The molecular formula is C27H18BrClN2O2S2. The van der Waals surface area contributed by atoms with Gasteiger partial charge in [-0.1, -0.05) is 71.9 Å². The maximum absolute atomic E-state index is 13.4. The van der Waals surface area contributed by atoms with Crippen molar-refractivity contribution >= 4 is 73.9 Å². The lowest BCUT2D eigenvalue weighted by atomic mass is 10.2. The highest BCUT2D eigenvalue weighted by Gasteiger charge is 2.34. The van der Waals surface area contributed by atoms with Crippen molar-refractivity contribution in [1.29, 1.82) is 0 Å². The van der Waals surface area contributed by atoms with Gasteiger partial charge in [0.2, 0.25) is 0 Å². The number of carbonyl (C=O) groups is 1. The topological polar surface area (TPSA) is 45.8 Å². The molecule has 0 unspecified atom stereocenters. The average molecular weight is 582 g/mol. The molecule has 1 amide bonds. The summed E-state index contributed by atoms with van der Waals surface area (Å²) in [6.45, 7) is 0.440. The quantitative estimate of drug-likeness (QED) is 0.214. The van der Waals surface area contributed by atoms with Crippen LogP contribution in [0.4, 0.5) is 5.69 Å². The van der Waals surface area contributed by atoms with E-state index in [-0.39, 0.29) is 5.91 Å². The Morgan fingerprint density at radius 3 is 2.40 bits per heavy atom. The van der Waals surface area contributed by atoms with Crippen LogP contribution >= 0.6 is 51.1 Å². The van der Waals surface area contributed by atoms with Gasteiger partial charge in [-0.05, 0) is 75.7 Å². The highest BCUT2D eigenvalue weighted by molar-refractivity contribution is 9.10. The summed E-state index contributed by atoms with van der Waals surface area (Å²) in [5.41, 5.74) is 1.83. The molecule has 0 radical (unpaired) electrons. The van der Waals surface area contributed by atoms with E-state index < -0.39 is 0 Å². The molecule has 1 aliphatic rings. The van der Waals surface area contributed by atoms with Crippen molar-refractivity contribution in [3.63, 3.8) is 0 Å². The predicted octanol–water partition coefficient (Wildman–Crippen LogP) is 8.65. The van der Waals surface area contributed by atoms with Gasteiger partial charge in [-0.3, -0.25) is 9.69 Å². The van der Waals surface area contributed by atoms with E-state index in [9.17, 15) is 4.79 Å². The number of carbonyl (C=O) groups excluding carboxylic acids is 1. The largest absolute Gasteiger partial charge is 0.449 e. The summed E-state index contributed by atoms with van der Waals surface area (Å²) in [4.78, 5) is 21.4. The number of nitrogens with zero attached hydrogens (tertiary/aromatic N) is 2. The summed E-state index contributed by atoms with van der Waals surface area (Å²) >= 11 is 12.4. The van der Waals surface area contributed by atoms with Gasteiger partial charge in [-0.2, -0.15) is 0 Å². The molecule has 4 nitrogen and oxygen atoms in total. The highest BCUT2D eigenvalue weighted by atomic mass is 79.9. The Morgan fingerprint density at radius 2 is 1.69 bits per heavy atom. The summed E-state index contributed by atoms with van der Waals surface area (Å²) in [5.74, 6) is 0.484. The van der Waals surface area contributed by atoms with Crippen LogP contribution in [0, 0.1) is 0 Å². The van der Waals surface area contributed by atoms with Crippen LogP contribution in [-0.2, 0) is 11.3 Å². The lowest BCUT2D eigenvalue weighted by Gasteiger charge is -2.15. The second-order valence-corrected chi connectivity index (χ2v) is 10.9. The highest BCUT2D eigenvalue weighted by Crippen LogP contribution is 2.39. The molecule has 0 spiro atoms. The van der Waals surface area contributed by atoms with Crippen molar-refractivity contribution in [2.75, 3.05) is 0 Å². The van der Waals surface area contributed by atoms with Gasteiger partial charge in [0.25, 0.3) is 5.91 Å². The van der Waals surface area contributed by atoms with Crippen LogP contribution in [0.15, 0.2) is 120 Å². The zero-order chi connectivity index (χ0) is 24.2. The molecule has 3 aromatic carbocycles. The molecule has 0 aliphatic carbocycles. The van der Waals surface area contributed by atoms with Crippen molar-refractivity contribution in [2.45, 2.75) is 16.5 Å². The molecule has 1 aliphatic heterocycles. The normalized spacial score (nSPS) is 15.9. The molecule has 2 heterocycles. The van der Waals surface area contributed by atoms with Crippen LogP contribution in [-0.4, -0.2) is 16.0 Å². The molecule has 0 atom stereocenters. The number of rotatable bonds is 6. The first-order chi connectivity index (χ1) is 17.0. The molecule has 174 valence electrons. The van der Waals surface area contributed by atoms with Gasteiger partial charge in [0.15, 0.2) is 10.3 Å². The summed E-state index contributed by atoms with van der Waals surface area (Å²) in [6, 6.07) is 29.0. The van der Waals surface area contributed by atoms with Crippen molar-refractivity contribution in [2.24, 2.45) is 4.99 Å². The average Bonchev–Trinajstić information content (AvgIpc) is 3.35. The van der Waals surface area contributed by atoms with E-state index >= 15 is 0 Å². The predicted molar refractivity (Wildman–Crippen MR) is 148 cm³/mol. The number of aliphatic imine (C=N–C) groups is 1. The minimum absolute atomic E-state index is 0.104. The molecule has 1 saturated heterocycles. The van der Waals surface area contributed by atoms with Crippen LogP contribution in [0.5, 0.6) is 0 Å². The third-order valence-corrected chi connectivity index (χ3v) is 8.13. The Kier molecular flexibility index (Phi) is 7.48. The van der Waals surface area contributed by atoms with Gasteiger partial charge < -0.3 is 4.42 Å². The monoisotopic (exact) mass is 580 g/mol. The van der Waals surface area contributed by atoms with Crippen molar-refractivity contribution < 1.29 is 9.21 Å². The zero-order valence-corrected chi connectivity index (χ0v) is 22.2. The summed E-state index contributed by atoms with van der Waals surface area (Å²) in [7, 11) is 0. The second-order valence-electron chi connectivity index (χ2n) is 7.56. The Hall–Kier alpha value is -2.71. The minimum atomic E-state index is -0.104. The van der Waals surface area contributed by atoms with E-state index in [1.807, 2.05) is 91.0 Å². The van der Waals surface area contributed by atoms with Gasteiger partial charge in [0.1, 0.15) is 5.76 Å². The number of furan rings is 1. The molecule has 0 bridgehead atoms. The van der Waals surface area contributed by atoms with E-state index in [4.69, 9.17) is 21.0 Å². The molecule has 35 heavy (non-hydrogen) atoms. The zero-order valence-electron chi connectivity index (χ0n) is 18.2. The lowest BCUT2D eigenvalue weighted by Crippen LogP contribution is -2.28. The van der Waals surface area contributed by atoms with E-state index in [1.165, 1.54) is 23.5 Å². The second kappa shape index (κ2) is 10.9. The number of hydrogen-bond acceptors (Lipinski definition) is 5. The molecule has 5 rings (SSSR count). The number of para-hydroxylation sites is 1. The number of amidine groups is 1. The fourth-order valence-electron chi connectivity index (χ4n) is 3.36. The Balaban J connectivity index is 1.43. The molecule has 1 fully saturated rings. The van der Waals surface area contributed by atoms with Crippen LogP contribution in [0.1, 0.15) is 11.3 Å². The number of thioether (sulfide) groups is 1. The van der Waals surface area contributed by atoms with Crippen molar-refractivity contribution in [3.05, 3.63) is 117 Å². The van der Waals surface area contributed by atoms with Gasteiger partial charge >= 0.3 is 0 Å². The number of benzene rings is 3. The standard InChI is InChI=1S/C27H18BrClN2O2S2/c28-23-15-21(33-26(23)34-22-13-11-19(29)12-14-22)16-24-25(32)31(17-18-7-3-1-4-8-18)27(35-24)30-20-9-5-2-6-10-20/h1-16H,17H2/b24-16-,30-27?. The maximum Gasteiger partial charge on any atom is 0.267 e. The summed E-state index contributed by atoms with van der Waals surface area (Å²) < 4.78 is 6.87. The number of halogens is 2. The first kappa shape index (κ1) is 24.0. The van der Waals surface area contributed by atoms with Crippen LogP contribution in [0.25, 0.3) is 6.08 Å². The number of amides is 1. The Bertz CT molecular complexity index is 1400. The van der Waals surface area contributed by atoms with Crippen LogP contribution < -0.4 is 0 Å². The third-order valence-electron chi connectivity index (χ3n) is 5.02. The van der Waals surface area contributed by atoms with E-state index in [1.54, 1.807) is 11.0 Å². The SMILES string of the molecule is O=C1/C(=C/c2cc(Br)c(Sc3ccc(Cl)cc3)o2)SC(=Nc2ccccc2)N1Cc1ccccc1. The molecule has 4 aromatic rings. The van der Waals surface area contributed by atoms with Gasteiger partial charge in [0.05, 0.1) is 21.6 Å². The van der Waals surface area contributed by atoms with E-state index in [0.29, 0.717) is 32.5 Å². The van der Waals surface area contributed by atoms with Crippen LogP contribution in [0.2, 0.25) is 5.02 Å².